The van der Waals surface area contributed by atoms with E-state index in [-0.39, 0.29) is 17.0 Å². The number of amides is 1. The maximum atomic E-state index is 13.1. The zero-order valence-corrected chi connectivity index (χ0v) is 16.7. The number of carbonyl (C=O) groups excluding carboxylic acids is 1. The van der Waals surface area contributed by atoms with Crippen LogP contribution >= 0.6 is 11.6 Å². The molecule has 28 heavy (non-hydrogen) atoms. The van der Waals surface area contributed by atoms with Gasteiger partial charge in [0.05, 0.1) is 5.69 Å². The first-order valence-electron chi connectivity index (χ1n) is 9.19. The lowest BCUT2D eigenvalue weighted by atomic mass is 10.2. The number of nitrogens with zero attached hydrogens (tertiary/aromatic N) is 3. The van der Waals surface area contributed by atoms with Gasteiger partial charge in [0.15, 0.2) is 5.69 Å². The van der Waals surface area contributed by atoms with Crippen LogP contribution in [0.1, 0.15) is 35.1 Å². The molecule has 0 saturated carbocycles. The van der Waals surface area contributed by atoms with Crippen molar-refractivity contribution in [3.8, 4) is 5.69 Å². The van der Waals surface area contributed by atoms with Crippen molar-refractivity contribution < 1.29 is 4.79 Å². The summed E-state index contributed by atoms with van der Waals surface area (Å²) < 4.78 is 1.59. The monoisotopic (exact) mass is 395 g/mol. The summed E-state index contributed by atoms with van der Waals surface area (Å²) in [5.41, 5.74) is 1.94. The first-order chi connectivity index (χ1) is 13.5. The predicted molar refractivity (Wildman–Crippen MR) is 111 cm³/mol. The van der Waals surface area contributed by atoms with Crippen molar-refractivity contribution >= 4 is 17.5 Å². The van der Waals surface area contributed by atoms with Gasteiger partial charge in [-0.25, -0.2) is 4.68 Å². The molecular formula is C22H22ClN3O2. The molecule has 1 aromatic heterocycles. The Bertz CT molecular complexity index is 1010. The fourth-order valence-corrected chi connectivity index (χ4v) is 3.14. The van der Waals surface area contributed by atoms with Crippen molar-refractivity contribution in [2.45, 2.75) is 26.8 Å². The van der Waals surface area contributed by atoms with E-state index >= 15 is 0 Å². The number of rotatable bonds is 6. The number of carbonyl (C=O) groups is 1. The molecule has 0 fully saturated rings. The Kier molecular flexibility index (Phi) is 6.26. The zero-order valence-electron chi connectivity index (χ0n) is 15.9. The van der Waals surface area contributed by atoms with E-state index in [1.54, 1.807) is 40.8 Å². The Morgan fingerprint density at radius 2 is 1.79 bits per heavy atom. The SMILES string of the molecule is CCCN(Cc1ccccc1)C(=O)c1nn(-c2ccc(Cl)cc2)c(C)cc1=O. The average Bonchev–Trinajstić information content (AvgIpc) is 2.69. The van der Waals surface area contributed by atoms with Gasteiger partial charge in [0, 0.05) is 29.9 Å². The van der Waals surface area contributed by atoms with Gasteiger partial charge in [0.2, 0.25) is 5.43 Å². The van der Waals surface area contributed by atoms with Gasteiger partial charge in [0.25, 0.3) is 5.91 Å². The normalized spacial score (nSPS) is 10.7. The average molecular weight is 396 g/mol. The highest BCUT2D eigenvalue weighted by Gasteiger charge is 2.21. The summed E-state index contributed by atoms with van der Waals surface area (Å²) in [6.07, 6.45) is 0.788. The fourth-order valence-electron chi connectivity index (χ4n) is 3.02. The minimum Gasteiger partial charge on any atom is -0.333 e. The Balaban J connectivity index is 1.98. The molecule has 0 N–H and O–H groups in total. The van der Waals surface area contributed by atoms with Gasteiger partial charge in [0.1, 0.15) is 0 Å². The van der Waals surface area contributed by atoms with Crippen LogP contribution in [0.3, 0.4) is 0 Å². The third kappa shape index (κ3) is 4.49. The molecule has 6 heteroatoms. The standard InChI is InChI=1S/C22H22ClN3O2/c1-3-13-25(15-17-7-5-4-6-8-17)22(28)21-20(27)14-16(2)26(24-21)19-11-9-18(23)10-12-19/h4-12,14H,3,13,15H2,1-2H3. The quantitative estimate of drug-likeness (QED) is 0.627. The maximum absolute atomic E-state index is 13.1. The molecule has 144 valence electrons. The van der Waals surface area contributed by atoms with Gasteiger partial charge in [-0.2, -0.15) is 5.10 Å². The lowest BCUT2D eigenvalue weighted by molar-refractivity contribution is 0.0733. The van der Waals surface area contributed by atoms with Crippen LogP contribution in [0.25, 0.3) is 5.69 Å². The molecule has 0 bridgehead atoms. The molecule has 0 aliphatic heterocycles. The van der Waals surface area contributed by atoms with E-state index in [0.717, 1.165) is 17.7 Å². The van der Waals surface area contributed by atoms with Crippen LogP contribution in [-0.4, -0.2) is 27.1 Å². The number of hydrogen-bond donors (Lipinski definition) is 0. The number of halogens is 1. The maximum Gasteiger partial charge on any atom is 0.278 e. The van der Waals surface area contributed by atoms with Crippen LogP contribution in [0, 0.1) is 6.92 Å². The van der Waals surface area contributed by atoms with Gasteiger partial charge < -0.3 is 4.90 Å². The van der Waals surface area contributed by atoms with Gasteiger partial charge in [-0.3, -0.25) is 9.59 Å². The summed E-state index contributed by atoms with van der Waals surface area (Å²) in [4.78, 5) is 27.3. The summed E-state index contributed by atoms with van der Waals surface area (Å²) in [5.74, 6) is -0.363. The number of benzene rings is 2. The van der Waals surface area contributed by atoms with Gasteiger partial charge in [-0.05, 0) is 43.2 Å². The highest BCUT2D eigenvalue weighted by molar-refractivity contribution is 6.30. The molecule has 0 atom stereocenters. The van der Waals surface area contributed by atoms with Crippen molar-refractivity contribution in [2.75, 3.05) is 6.54 Å². The Morgan fingerprint density at radius 1 is 1.11 bits per heavy atom. The van der Waals surface area contributed by atoms with Crippen molar-refractivity contribution in [1.29, 1.82) is 0 Å². The molecule has 3 rings (SSSR count). The second kappa shape index (κ2) is 8.85. The minimum absolute atomic E-state index is 0.0788. The predicted octanol–water partition coefficient (Wildman–Crippen LogP) is 4.25. The first kappa shape index (κ1) is 19.8. The summed E-state index contributed by atoms with van der Waals surface area (Å²) in [5, 5.41) is 4.99. The van der Waals surface area contributed by atoms with E-state index in [0.29, 0.717) is 23.8 Å². The minimum atomic E-state index is -0.373. The second-order valence-electron chi connectivity index (χ2n) is 6.60. The molecule has 0 aliphatic rings. The Morgan fingerprint density at radius 3 is 2.43 bits per heavy atom. The van der Waals surface area contributed by atoms with Crippen LogP contribution in [0.2, 0.25) is 5.02 Å². The van der Waals surface area contributed by atoms with Crippen LogP contribution in [0.15, 0.2) is 65.5 Å². The van der Waals surface area contributed by atoms with Crippen molar-refractivity contribution in [2.24, 2.45) is 0 Å². The highest BCUT2D eigenvalue weighted by atomic mass is 35.5. The second-order valence-corrected chi connectivity index (χ2v) is 7.04. The number of aryl methyl sites for hydroxylation is 1. The number of hydrogen-bond acceptors (Lipinski definition) is 3. The lowest BCUT2D eigenvalue weighted by Gasteiger charge is -2.22. The van der Waals surface area contributed by atoms with Crippen LogP contribution in [0.4, 0.5) is 0 Å². The Hall–Kier alpha value is -2.92. The molecular weight excluding hydrogens is 374 g/mol. The van der Waals surface area contributed by atoms with E-state index in [1.807, 2.05) is 37.3 Å². The third-order valence-corrected chi connectivity index (χ3v) is 4.63. The summed E-state index contributed by atoms with van der Waals surface area (Å²) >= 11 is 5.96. The molecule has 0 unspecified atom stereocenters. The van der Waals surface area contributed by atoms with Crippen molar-refractivity contribution in [1.82, 2.24) is 14.7 Å². The fraction of sp³-hybridized carbons (Fsp3) is 0.227. The molecule has 1 amide bonds. The zero-order chi connectivity index (χ0) is 20.1. The van der Waals surface area contributed by atoms with Crippen LogP contribution in [0.5, 0.6) is 0 Å². The molecule has 0 aliphatic carbocycles. The van der Waals surface area contributed by atoms with Gasteiger partial charge in [-0.15, -0.1) is 0 Å². The molecule has 0 saturated heterocycles. The van der Waals surface area contributed by atoms with E-state index in [4.69, 9.17) is 11.6 Å². The van der Waals surface area contributed by atoms with E-state index in [9.17, 15) is 9.59 Å². The topological polar surface area (TPSA) is 55.2 Å². The van der Waals surface area contributed by atoms with Gasteiger partial charge in [-0.1, -0.05) is 48.9 Å². The molecule has 5 nitrogen and oxygen atoms in total. The molecule has 3 aromatic rings. The number of aromatic nitrogens is 2. The first-order valence-corrected chi connectivity index (χ1v) is 9.57. The molecule has 1 heterocycles. The largest absolute Gasteiger partial charge is 0.333 e. The van der Waals surface area contributed by atoms with E-state index in [1.165, 1.54) is 6.07 Å². The molecule has 0 spiro atoms. The van der Waals surface area contributed by atoms with Crippen LogP contribution in [-0.2, 0) is 6.54 Å². The third-order valence-electron chi connectivity index (χ3n) is 4.38. The molecule has 0 radical (unpaired) electrons. The summed E-state index contributed by atoms with van der Waals surface area (Å²) in [6.45, 7) is 4.76. The van der Waals surface area contributed by atoms with E-state index in [2.05, 4.69) is 5.10 Å². The van der Waals surface area contributed by atoms with Crippen molar-refractivity contribution in [3.63, 3.8) is 0 Å². The van der Waals surface area contributed by atoms with Crippen molar-refractivity contribution in [3.05, 3.63) is 92.9 Å². The highest BCUT2D eigenvalue weighted by Crippen LogP contribution is 2.15. The van der Waals surface area contributed by atoms with E-state index < -0.39 is 0 Å². The Labute approximate surface area is 169 Å². The summed E-state index contributed by atoms with van der Waals surface area (Å²) in [7, 11) is 0. The van der Waals surface area contributed by atoms with Gasteiger partial charge >= 0.3 is 0 Å². The molecule has 2 aromatic carbocycles. The smallest absolute Gasteiger partial charge is 0.278 e. The summed E-state index contributed by atoms with van der Waals surface area (Å²) in [6, 6.07) is 18.3. The van der Waals surface area contributed by atoms with Crippen LogP contribution < -0.4 is 5.43 Å². The lowest BCUT2D eigenvalue weighted by Crippen LogP contribution is -2.36.